The van der Waals surface area contributed by atoms with Gasteiger partial charge in [-0.15, -0.1) is 0 Å². The zero-order chi connectivity index (χ0) is 24.7. The number of aromatic nitrogens is 2. The summed E-state index contributed by atoms with van der Waals surface area (Å²) in [6.45, 7) is 3.92. The summed E-state index contributed by atoms with van der Waals surface area (Å²) in [6, 6.07) is 7.62. The van der Waals surface area contributed by atoms with Crippen LogP contribution in [0.4, 0.5) is 11.5 Å². The molecule has 34 heavy (non-hydrogen) atoms. The summed E-state index contributed by atoms with van der Waals surface area (Å²) in [5.74, 6) is 4.40. The molecule has 1 aliphatic rings. The van der Waals surface area contributed by atoms with Crippen molar-refractivity contribution in [2.75, 3.05) is 25.5 Å². The predicted molar refractivity (Wildman–Crippen MR) is 129 cm³/mol. The maximum atomic E-state index is 12.1. The van der Waals surface area contributed by atoms with Crippen molar-refractivity contribution >= 4 is 29.2 Å². The van der Waals surface area contributed by atoms with Crippen LogP contribution in [0, 0.1) is 11.8 Å². The number of rotatable bonds is 10. The number of hydrogen-bond donors (Lipinski definition) is 3. The minimum absolute atomic E-state index is 0.0548. The van der Waals surface area contributed by atoms with Crippen LogP contribution in [0.25, 0.3) is 0 Å². The predicted octanol–water partition coefficient (Wildman–Crippen LogP) is 1.90. The standard InChI is InChI=1S/C25H30N6O3/c1-4-7-21(33)31(3)15-20(32)27-13-12-16-8-6-9-18(14-16)28-25-23(24(26)34)29-19(5-2)22(30-25)17-10-11-17/h6,8-9,14,17H,5,10-13,15H2,1-3H3,(H2,26,34)(H,27,32)(H,28,30). The lowest BCUT2D eigenvalue weighted by atomic mass is 10.1. The van der Waals surface area contributed by atoms with Crippen LogP contribution in [0.2, 0.25) is 0 Å². The fourth-order valence-electron chi connectivity index (χ4n) is 3.52. The van der Waals surface area contributed by atoms with E-state index in [0.29, 0.717) is 31.1 Å². The number of amides is 3. The van der Waals surface area contributed by atoms with E-state index in [9.17, 15) is 14.4 Å². The van der Waals surface area contributed by atoms with Crippen LogP contribution in [-0.2, 0) is 22.4 Å². The van der Waals surface area contributed by atoms with Gasteiger partial charge in [0.1, 0.15) is 6.54 Å². The molecule has 3 rings (SSSR count). The smallest absolute Gasteiger partial charge is 0.298 e. The first-order valence-electron chi connectivity index (χ1n) is 11.3. The van der Waals surface area contributed by atoms with Gasteiger partial charge >= 0.3 is 0 Å². The summed E-state index contributed by atoms with van der Waals surface area (Å²) in [7, 11) is 1.53. The van der Waals surface area contributed by atoms with E-state index in [4.69, 9.17) is 10.7 Å². The first kappa shape index (κ1) is 24.7. The lowest BCUT2D eigenvalue weighted by Gasteiger charge is -2.15. The fraction of sp³-hybridized carbons (Fsp3) is 0.400. The molecule has 0 radical (unpaired) electrons. The van der Waals surface area contributed by atoms with Gasteiger partial charge in [-0.25, -0.2) is 9.97 Å². The van der Waals surface area contributed by atoms with E-state index in [1.165, 1.54) is 11.9 Å². The Morgan fingerprint density at radius 1 is 1.24 bits per heavy atom. The van der Waals surface area contributed by atoms with Crippen molar-refractivity contribution < 1.29 is 14.4 Å². The van der Waals surface area contributed by atoms with Crippen molar-refractivity contribution in [3.8, 4) is 11.8 Å². The number of benzene rings is 1. The Bertz CT molecular complexity index is 1150. The number of likely N-dealkylation sites (N-methyl/N-ethyl adjacent to an activating group) is 1. The SMILES string of the molecule is CC#CC(=O)N(C)CC(=O)NCCc1cccc(Nc2nc(C3CC3)c(CC)nc2C(N)=O)c1. The summed E-state index contributed by atoms with van der Waals surface area (Å²) >= 11 is 0. The molecule has 2 aromatic rings. The largest absolute Gasteiger partial charge is 0.364 e. The van der Waals surface area contributed by atoms with Crippen LogP contribution in [0.1, 0.15) is 60.0 Å². The van der Waals surface area contributed by atoms with E-state index in [2.05, 4.69) is 27.5 Å². The molecule has 1 aromatic carbocycles. The number of anilines is 2. The molecule has 0 spiro atoms. The van der Waals surface area contributed by atoms with Crippen molar-refractivity contribution in [1.29, 1.82) is 0 Å². The monoisotopic (exact) mass is 462 g/mol. The third-order valence-electron chi connectivity index (χ3n) is 5.42. The van der Waals surface area contributed by atoms with Gasteiger partial charge in [0.25, 0.3) is 11.8 Å². The van der Waals surface area contributed by atoms with E-state index in [0.717, 1.165) is 35.5 Å². The highest BCUT2D eigenvalue weighted by Crippen LogP contribution is 2.41. The number of nitrogens with two attached hydrogens (primary N) is 1. The number of carbonyl (C=O) groups is 3. The second-order valence-corrected chi connectivity index (χ2v) is 8.21. The Labute approximate surface area is 199 Å². The highest BCUT2D eigenvalue weighted by Gasteiger charge is 2.30. The van der Waals surface area contributed by atoms with Crippen LogP contribution < -0.4 is 16.4 Å². The van der Waals surface area contributed by atoms with E-state index in [-0.39, 0.29) is 18.1 Å². The quantitative estimate of drug-likeness (QED) is 0.462. The van der Waals surface area contributed by atoms with E-state index in [1.54, 1.807) is 6.92 Å². The zero-order valence-electron chi connectivity index (χ0n) is 19.8. The summed E-state index contributed by atoms with van der Waals surface area (Å²) in [6.07, 6.45) is 3.43. The number of hydrogen-bond acceptors (Lipinski definition) is 6. The van der Waals surface area contributed by atoms with E-state index < -0.39 is 11.8 Å². The number of nitrogens with zero attached hydrogens (tertiary/aromatic N) is 3. The van der Waals surface area contributed by atoms with Gasteiger partial charge in [-0.1, -0.05) is 25.0 Å². The Hall–Kier alpha value is -3.93. The summed E-state index contributed by atoms with van der Waals surface area (Å²) in [4.78, 5) is 46.2. The molecule has 0 saturated heterocycles. The minimum Gasteiger partial charge on any atom is -0.364 e. The van der Waals surface area contributed by atoms with Crippen LogP contribution in [0.3, 0.4) is 0 Å². The molecule has 0 unspecified atom stereocenters. The molecule has 0 atom stereocenters. The van der Waals surface area contributed by atoms with E-state index in [1.807, 2.05) is 31.2 Å². The van der Waals surface area contributed by atoms with Crippen LogP contribution in [0.5, 0.6) is 0 Å². The van der Waals surface area contributed by atoms with Crippen molar-refractivity contribution in [2.24, 2.45) is 5.73 Å². The average molecular weight is 463 g/mol. The number of primary amides is 1. The number of nitrogens with one attached hydrogen (secondary N) is 2. The number of aryl methyl sites for hydroxylation is 1. The van der Waals surface area contributed by atoms with Crippen LogP contribution in [0.15, 0.2) is 24.3 Å². The topological polar surface area (TPSA) is 130 Å². The molecular weight excluding hydrogens is 432 g/mol. The van der Waals surface area contributed by atoms with Gasteiger partial charge in [-0.3, -0.25) is 14.4 Å². The van der Waals surface area contributed by atoms with Gasteiger partial charge in [0, 0.05) is 25.2 Å². The van der Waals surface area contributed by atoms with Crippen molar-refractivity contribution in [3.63, 3.8) is 0 Å². The Kier molecular flexibility index (Phi) is 8.19. The van der Waals surface area contributed by atoms with Gasteiger partial charge in [0.15, 0.2) is 11.5 Å². The molecule has 1 heterocycles. The molecule has 0 bridgehead atoms. The normalized spacial score (nSPS) is 12.3. The summed E-state index contributed by atoms with van der Waals surface area (Å²) < 4.78 is 0. The highest BCUT2D eigenvalue weighted by atomic mass is 16.2. The molecule has 0 aliphatic heterocycles. The second kappa shape index (κ2) is 11.3. The first-order chi connectivity index (χ1) is 16.3. The Balaban J connectivity index is 1.64. The average Bonchev–Trinajstić information content (AvgIpc) is 3.64. The molecule has 9 nitrogen and oxygen atoms in total. The van der Waals surface area contributed by atoms with Gasteiger partial charge in [0.05, 0.1) is 11.4 Å². The first-order valence-corrected chi connectivity index (χ1v) is 11.3. The zero-order valence-corrected chi connectivity index (χ0v) is 19.8. The van der Waals surface area contributed by atoms with Gasteiger partial charge in [-0.05, 0) is 56.2 Å². The van der Waals surface area contributed by atoms with Gasteiger partial charge in [-0.2, -0.15) is 0 Å². The molecule has 178 valence electrons. The molecule has 3 amide bonds. The lowest BCUT2D eigenvalue weighted by molar-refractivity contribution is -0.130. The summed E-state index contributed by atoms with van der Waals surface area (Å²) in [5, 5.41) is 6.01. The Morgan fingerprint density at radius 2 is 2.00 bits per heavy atom. The summed E-state index contributed by atoms with van der Waals surface area (Å²) in [5.41, 5.74) is 9.18. The van der Waals surface area contributed by atoms with Crippen LogP contribution in [-0.4, -0.2) is 52.7 Å². The molecule has 1 aromatic heterocycles. The third-order valence-corrected chi connectivity index (χ3v) is 5.42. The van der Waals surface area contributed by atoms with Gasteiger partial charge < -0.3 is 21.3 Å². The van der Waals surface area contributed by atoms with Crippen molar-refractivity contribution in [2.45, 2.75) is 45.4 Å². The number of carbonyl (C=O) groups excluding carboxylic acids is 3. The third kappa shape index (κ3) is 6.54. The van der Waals surface area contributed by atoms with Crippen molar-refractivity contribution in [3.05, 3.63) is 46.9 Å². The van der Waals surface area contributed by atoms with E-state index >= 15 is 0 Å². The molecule has 4 N–H and O–H groups in total. The molecular formula is C25H30N6O3. The fourth-order valence-corrected chi connectivity index (χ4v) is 3.52. The van der Waals surface area contributed by atoms with Crippen LogP contribution >= 0.6 is 0 Å². The van der Waals surface area contributed by atoms with Crippen molar-refractivity contribution in [1.82, 2.24) is 20.2 Å². The Morgan fingerprint density at radius 3 is 2.65 bits per heavy atom. The lowest BCUT2D eigenvalue weighted by Crippen LogP contribution is -2.38. The molecule has 9 heteroatoms. The molecule has 1 fully saturated rings. The molecule has 1 aliphatic carbocycles. The minimum atomic E-state index is -0.626. The maximum absolute atomic E-state index is 12.1. The maximum Gasteiger partial charge on any atom is 0.298 e. The molecule has 1 saturated carbocycles. The second-order valence-electron chi connectivity index (χ2n) is 8.21. The highest BCUT2D eigenvalue weighted by molar-refractivity contribution is 5.96. The van der Waals surface area contributed by atoms with Gasteiger partial charge in [0.2, 0.25) is 5.91 Å².